The topological polar surface area (TPSA) is 75.7 Å². The first-order valence-corrected chi connectivity index (χ1v) is 9.35. The van der Waals surface area contributed by atoms with E-state index in [4.69, 9.17) is 4.74 Å². The van der Waals surface area contributed by atoms with Gasteiger partial charge in [0, 0.05) is 6.54 Å². The maximum absolute atomic E-state index is 12.4. The second-order valence-corrected chi connectivity index (χ2v) is 7.48. The van der Waals surface area contributed by atoms with Crippen LogP contribution in [0.1, 0.15) is 5.56 Å². The molecule has 24 heavy (non-hydrogen) atoms. The van der Waals surface area contributed by atoms with E-state index in [0.29, 0.717) is 18.0 Å². The Morgan fingerprint density at radius 2 is 1.83 bits per heavy atom. The number of amides is 1. The highest BCUT2D eigenvalue weighted by atomic mass is 32.2. The Bertz CT molecular complexity index is 837. The Morgan fingerprint density at radius 1 is 1.17 bits per heavy atom. The van der Waals surface area contributed by atoms with Gasteiger partial charge >= 0.3 is 0 Å². The van der Waals surface area contributed by atoms with Gasteiger partial charge in [0.15, 0.2) is 6.10 Å². The maximum atomic E-state index is 12.4. The summed E-state index contributed by atoms with van der Waals surface area (Å²) in [6.07, 6.45) is 0.229. The van der Waals surface area contributed by atoms with Gasteiger partial charge < -0.3 is 10.1 Å². The number of hydrogen-bond donors (Lipinski definition) is 1. The van der Waals surface area contributed by atoms with Crippen LogP contribution in [0, 0.1) is 0 Å². The molecule has 0 unspecified atom stereocenters. The van der Waals surface area contributed by atoms with Crippen LogP contribution in [-0.4, -0.2) is 33.2 Å². The summed E-state index contributed by atoms with van der Waals surface area (Å²) in [6.45, 7) is 0.316. The van der Waals surface area contributed by atoms with E-state index in [1.54, 1.807) is 24.3 Å². The molecule has 0 saturated heterocycles. The lowest BCUT2D eigenvalue weighted by Crippen LogP contribution is -2.50. The molecule has 6 nitrogen and oxygen atoms in total. The number of anilines is 1. The summed E-state index contributed by atoms with van der Waals surface area (Å²) in [5.74, 6) is 0.0380. The fraction of sp³-hybridized carbons (Fsp3) is 0.235. The first-order chi connectivity index (χ1) is 11.4. The first-order valence-electron chi connectivity index (χ1n) is 7.50. The SMILES string of the molecule is CS(=O)(=O)N1C[C@@H](C(=O)NCc2ccccc2)Oc2ccccc21. The van der Waals surface area contributed by atoms with E-state index in [1.165, 1.54) is 4.31 Å². The van der Waals surface area contributed by atoms with E-state index in [0.717, 1.165) is 11.8 Å². The van der Waals surface area contributed by atoms with Crippen LogP contribution in [0.15, 0.2) is 54.6 Å². The van der Waals surface area contributed by atoms with E-state index in [1.807, 2.05) is 30.3 Å². The van der Waals surface area contributed by atoms with Crippen LogP contribution >= 0.6 is 0 Å². The summed E-state index contributed by atoms with van der Waals surface area (Å²) in [7, 11) is -3.50. The second kappa shape index (κ2) is 6.52. The standard InChI is InChI=1S/C17H18N2O4S/c1-24(21,22)19-12-16(23-15-10-6-5-9-14(15)19)17(20)18-11-13-7-3-2-4-8-13/h2-10,16H,11-12H2,1H3,(H,18,20)/t16-/m0/s1. The van der Waals surface area contributed by atoms with Gasteiger partial charge in [-0.15, -0.1) is 0 Å². The molecule has 1 amide bonds. The lowest BCUT2D eigenvalue weighted by molar-refractivity contribution is -0.127. The summed E-state index contributed by atoms with van der Waals surface area (Å²) in [5, 5.41) is 2.79. The maximum Gasteiger partial charge on any atom is 0.263 e. The van der Waals surface area contributed by atoms with Gasteiger partial charge in [-0.05, 0) is 17.7 Å². The number of rotatable bonds is 4. The number of hydrogen-bond acceptors (Lipinski definition) is 4. The van der Waals surface area contributed by atoms with Crippen LogP contribution in [0.25, 0.3) is 0 Å². The molecule has 0 saturated carbocycles. The molecule has 0 aromatic heterocycles. The van der Waals surface area contributed by atoms with Crippen molar-refractivity contribution in [2.45, 2.75) is 12.6 Å². The average molecular weight is 346 g/mol. The van der Waals surface area contributed by atoms with Gasteiger partial charge in [-0.25, -0.2) is 8.42 Å². The molecule has 3 rings (SSSR count). The molecule has 0 bridgehead atoms. The Morgan fingerprint density at radius 3 is 2.54 bits per heavy atom. The predicted octanol–water partition coefficient (Wildman–Crippen LogP) is 1.53. The highest BCUT2D eigenvalue weighted by molar-refractivity contribution is 7.92. The van der Waals surface area contributed by atoms with Crippen LogP contribution in [0.3, 0.4) is 0 Å². The Hall–Kier alpha value is -2.54. The van der Waals surface area contributed by atoms with Gasteiger partial charge in [-0.2, -0.15) is 0 Å². The summed E-state index contributed by atoms with van der Waals surface area (Å²) >= 11 is 0. The second-order valence-electron chi connectivity index (χ2n) is 5.57. The normalized spacial score (nSPS) is 16.9. The molecule has 2 aromatic carbocycles. The number of nitrogens with zero attached hydrogens (tertiary/aromatic N) is 1. The average Bonchev–Trinajstić information content (AvgIpc) is 2.58. The highest BCUT2D eigenvalue weighted by Crippen LogP contribution is 2.34. The lowest BCUT2D eigenvalue weighted by atomic mass is 10.2. The van der Waals surface area contributed by atoms with Gasteiger partial charge in [-0.3, -0.25) is 9.10 Å². The van der Waals surface area contributed by atoms with Crippen molar-refractivity contribution in [2.24, 2.45) is 0 Å². The van der Waals surface area contributed by atoms with Crippen molar-refractivity contribution in [3.63, 3.8) is 0 Å². The Balaban J connectivity index is 1.76. The van der Waals surface area contributed by atoms with E-state index in [2.05, 4.69) is 5.32 Å². The smallest absolute Gasteiger partial charge is 0.263 e. The third-order valence-electron chi connectivity index (χ3n) is 3.74. The van der Waals surface area contributed by atoms with E-state index in [9.17, 15) is 13.2 Å². The molecule has 1 N–H and O–H groups in total. The van der Waals surface area contributed by atoms with Crippen LogP contribution < -0.4 is 14.4 Å². The molecule has 2 aromatic rings. The number of carbonyl (C=O) groups is 1. The largest absolute Gasteiger partial charge is 0.476 e. The zero-order chi connectivity index (χ0) is 17.2. The van der Waals surface area contributed by atoms with Crippen molar-refractivity contribution in [1.82, 2.24) is 5.32 Å². The third kappa shape index (κ3) is 3.51. The van der Waals surface area contributed by atoms with Crippen molar-refractivity contribution >= 4 is 21.6 Å². The minimum absolute atomic E-state index is 0.0452. The van der Waals surface area contributed by atoms with Crippen molar-refractivity contribution in [2.75, 3.05) is 17.1 Å². The molecule has 0 spiro atoms. The molecule has 1 aliphatic rings. The molecule has 7 heteroatoms. The minimum Gasteiger partial charge on any atom is -0.476 e. The molecule has 0 radical (unpaired) electrons. The molecule has 0 aliphatic carbocycles. The van der Waals surface area contributed by atoms with Gasteiger partial charge in [0.1, 0.15) is 5.75 Å². The number of benzene rings is 2. The van der Waals surface area contributed by atoms with Crippen molar-refractivity contribution in [1.29, 1.82) is 0 Å². The predicted molar refractivity (Wildman–Crippen MR) is 91.3 cm³/mol. The van der Waals surface area contributed by atoms with Gasteiger partial charge in [0.2, 0.25) is 10.0 Å². The zero-order valence-corrected chi connectivity index (χ0v) is 14.0. The number of para-hydroxylation sites is 2. The van der Waals surface area contributed by atoms with Crippen LogP contribution in [-0.2, 0) is 21.4 Å². The number of carbonyl (C=O) groups excluding carboxylic acids is 1. The van der Waals surface area contributed by atoms with Gasteiger partial charge in [-0.1, -0.05) is 42.5 Å². The summed E-state index contributed by atoms with van der Waals surface area (Å²) in [6, 6.07) is 16.3. The highest BCUT2D eigenvalue weighted by Gasteiger charge is 2.34. The van der Waals surface area contributed by atoms with E-state index < -0.39 is 16.1 Å². The number of fused-ring (bicyclic) bond motifs is 1. The molecular weight excluding hydrogens is 328 g/mol. The fourth-order valence-corrected chi connectivity index (χ4v) is 3.47. The quantitative estimate of drug-likeness (QED) is 0.911. The van der Waals surface area contributed by atoms with Crippen LogP contribution in [0.5, 0.6) is 5.75 Å². The number of sulfonamides is 1. The van der Waals surface area contributed by atoms with Gasteiger partial charge in [0.05, 0.1) is 18.5 Å². The van der Waals surface area contributed by atoms with Crippen LogP contribution in [0.4, 0.5) is 5.69 Å². The monoisotopic (exact) mass is 346 g/mol. The van der Waals surface area contributed by atoms with E-state index in [-0.39, 0.29) is 12.5 Å². The molecule has 0 fully saturated rings. The Kier molecular flexibility index (Phi) is 4.44. The molecule has 1 heterocycles. The van der Waals surface area contributed by atoms with Gasteiger partial charge in [0.25, 0.3) is 5.91 Å². The molecular formula is C17H18N2O4S. The molecule has 1 aliphatic heterocycles. The molecule has 1 atom stereocenters. The van der Waals surface area contributed by atoms with E-state index >= 15 is 0 Å². The van der Waals surface area contributed by atoms with Crippen molar-refractivity contribution in [3.8, 4) is 5.75 Å². The zero-order valence-electron chi connectivity index (χ0n) is 13.2. The third-order valence-corrected chi connectivity index (χ3v) is 4.88. The molecule has 126 valence electrons. The lowest BCUT2D eigenvalue weighted by Gasteiger charge is -2.33. The summed E-state index contributed by atoms with van der Waals surface area (Å²) in [5.41, 5.74) is 1.41. The van der Waals surface area contributed by atoms with Crippen molar-refractivity contribution in [3.05, 3.63) is 60.2 Å². The summed E-state index contributed by atoms with van der Waals surface area (Å²) in [4.78, 5) is 12.4. The fourth-order valence-electron chi connectivity index (χ4n) is 2.55. The Labute approximate surface area is 141 Å². The number of ether oxygens (including phenoxy) is 1. The van der Waals surface area contributed by atoms with Crippen molar-refractivity contribution < 1.29 is 17.9 Å². The minimum atomic E-state index is -3.50. The van der Waals surface area contributed by atoms with Crippen LogP contribution in [0.2, 0.25) is 0 Å². The first kappa shape index (κ1) is 16.3. The summed E-state index contributed by atoms with van der Waals surface area (Å²) < 4.78 is 31.0. The number of nitrogens with one attached hydrogen (secondary N) is 1.